The van der Waals surface area contributed by atoms with Crippen LogP contribution in [0.5, 0.6) is 11.5 Å². The molecule has 2 amide bonds. The maximum atomic E-state index is 13.6. The topological polar surface area (TPSA) is 32.8 Å². The Morgan fingerprint density at radius 2 is 1.39 bits per heavy atom. The fourth-order valence-electron chi connectivity index (χ4n) is 3.07. The van der Waals surface area contributed by atoms with E-state index < -0.39 is 34.5 Å². The quantitative estimate of drug-likeness (QED) is 0.293. The van der Waals surface area contributed by atoms with Gasteiger partial charge in [-0.3, -0.25) is 9.80 Å². The highest BCUT2D eigenvalue weighted by atomic mass is 35.5. The Kier molecular flexibility index (Phi) is 7.92. The highest BCUT2D eigenvalue weighted by molar-refractivity contribution is 6.35. The number of nitrogens with zero attached hydrogens (tertiary/aromatic N) is 2. The Labute approximate surface area is 216 Å². The zero-order valence-electron chi connectivity index (χ0n) is 18.3. The first-order chi connectivity index (χ1) is 16.6. The number of halogens is 9. The molecular weight excluding hydrogens is 557 g/mol. The first kappa shape index (κ1) is 27.8. The van der Waals surface area contributed by atoms with Crippen LogP contribution in [0.4, 0.5) is 42.5 Å². The van der Waals surface area contributed by atoms with Crippen molar-refractivity contribution in [3.63, 3.8) is 0 Å². The molecule has 36 heavy (non-hydrogen) atoms. The van der Waals surface area contributed by atoms with E-state index in [9.17, 15) is 31.1 Å². The zero-order chi connectivity index (χ0) is 27.0. The molecule has 192 valence electrons. The largest absolute Gasteiger partial charge is 0.456 e. The number of carbonyl (C=O) groups is 1. The predicted molar refractivity (Wildman–Crippen MR) is 127 cm³/mol. The van der Waals surface area contributed by atoms with Gasteiger partial charge in [0.15, 0.2) is 0 Å². The fourth-order valence-corrected chi connectivity index (χ4v) is 3.74. The third-order valence-corrected chi connectivity index (χ3v) is 5.80. The summed E-state index contributed by atoms with van der Waals surface area (Å²) in [6, 6.07) is 8.54. The molecule has 0 fully saturated rings. The van der Waals surface area contributed by atoms with Gasteiger partial charge in [-0.05, 0) is 48.5 Å². The van der Waals surface area contributed by atoms with E-state index in [4.69, 9.17) is 39.5 Å². The Bertz CT molecular complexity index is 1300. The van der Waals surface area contributed by atoms with Gasteiger partial charge >= 0.3 is 18.4 Å². The van der Waals surface area contributed by atoms with Crippen molar-refractivity contribution in [1.82, 2.24) is 0 Å². The van der Waals surface area contributed by atoms with Gasteiger partial charge in [-0.2, -0.15) is 26.3 Å². The first-order valence-electron chi connectivity index (χ1n) is 9.81. The number of alkyl halides is 6. The minimum Gasteiger partial charge on any atom is -0.456 e. The summed E-state index contributed by atoms with van der Waals surface area (Å²) in [6.45, 7) is 0. The van der Waals surface area contributed by atoms with Crippen LogP contribution >= 0.6 is 34.8 Å². The van der Waals surface area contributed by atoms with Crippen molar-refractivity contribution in [3.05, 3.63) is 80.8 Å². The minimum atomic E-state index is -4.80. The molecule has 3 rings (SSSR count). The summed E-state index contributed by atoms with van der Waals surface area (Å²) in [5.74, 6) is -0.282. The number of benzene rings is 3. The maximum Gasteiger partial charge on any atom is 0.417 e. The van der Waals surface area contributed by atoms with Crippen molar-refractivity contribution in [2.75, 3.05) is 23.9 Å². The Hall–Kier alpha value is -2.82. The number of carbonyl (C=O) groups excluding carboxylic acids is 1. The van der Waals surface area contributed by atoms with Crippen molar-refractivity contribution in [2.24, 2.45) is 0 Å². The molecule has 0 aliphatic carbocycles. The lowest BCUT2D eigenvalue weighted by molar-refractivity contribution is -0.138. The van der Waals surface area contributed by atoms with E-state index in [1.54, 1.807) is 0 Å². The molecule has 0 aliphatic rings. The number of hydrogen-bond donors (Lipinski definition) is 0. The normalized spacial score (nSPS) is 11.9. The molecule has 4 nitrogen and oxygen atoms in total. The second-order valence-electron chi connectivity index (χ2n) is 7.45. The van der Waals surface area contributed by atoms with Gasteiger partial charge in [0, 0.05) is 36.6 Å². The van der Waals surface area contributed by atoms with E-state index in [-0.39, 0.29) is 32.9 Å². The van der Waals surface area contributed by atoms with Crippen LogP contribution in [0.3, 0.4) is 0 Å². The molecule has 0 radical (unpaired) electrons. The van der Waals surface area contributed by atoms with Gasteiger partial charge in [-0.1, -0.05) is 34.8 Å². The van der Waals surface area contributed by atoms with Gasteiger partial charge in [-0.25, -0.2) is 4.79 Å². The van der Waals surface area contributed by atoms with Crippen molar-refractivity contribution in [3.8, 4) is 11.5 Å². The second-order valence-corrected chi connectivity index (χ2v) is 8.70. The van der Waals surface area contributed by atoms with E-state index in [0.29, 0.717) is 18.2 Å². The molecule has 0 saturated carbocycles. The lowest BCUT2D eigenvalue weighted by Gasteiger charge is -2.26. The summed E-state index contributed by atoms with van der Waals surface area (Å²) in [4.78, 5) is 14.7. The van der Waals surface area contributed by atoms with Crippen molar-refractivity contribution in [2.45, 2.75) is 12.4 Å². The number of anilines is 2. The van der Waals surface area contributed by atoms with E-state index in [2.05, 4.69) is 0 Å². The predicted octanol–water partition coefficient (Wildman–Crippen LogP) is 9.17. The van der Waals surface area contributed by atoms with E-state index >= 15 is 0 Å². The molecule has 3 aromatic rings. The van der Waals surface area contributed by atoms with Crippen LogP contribution in [0.25, 0.3) is 0 Å². The monoisotopic (exact) mass is 570 g/mol. The molecule has 0 aromatic heterocycles. The molecule has 13 heteroatoms. The van der Waals surface area contributed by atoms with Gasteiger partial charge in [-0.15, -0.1) is 0 Å². The first-order valence-corrected chi connectivity index (χ1v) is 10.9. The number of urea groups is 1. The van der Waals surface area contributed by atoms with Gasteiger partial charge in [0.25, 0.3) is 0 Å². The molecule has 0 aliphatic heterocycles. The second kappa shape index (κ2) is 10.3. The number of rotatable bonds is 4. The summed E-state index contributed by atoms with van der Waals surface area (Å²) in [5, 5.41) is -0.254. The van der Waals surface area contributed by atoms with Crippen molar-refractivity contribution < 1.29 is 35.9 Å². The molecule has 0 saturated heterocycles. The van der Waals surface area contributed by atoms with Crippen LogP contribution in [0.15, 0.2) is 54.6 Å². The third-order valence-electron chi connectivity index (χ3n) is 4.94. The van der Waals surface area contributed by atoms with Crippen LogP contribution < -0.4 is 14.5 Å². The van der Waals surface area contributed by atoms with Crippen LogP contribution in [-0.4, -0.2) is 20.1 Å². The Morgan fingerprint density at radius 3 is 1.97 bits per heavy atom. The average Bonchev–Trinajstić information content (AvgIpc) is 2.78. The zero-order valence-corrected chi connectivity index (χ0v) is 20.6. The SMILES string of the molecule is CN(C(=O)N(C)c1ccc(Cl)c(C(F)(F)F)c1)c1cc(Oc2ccc(Cl)cc2Cl)cc(C(F)(F)F)c1. The van der Waals surface area contributed by atoms with E-state index in [1.807, 2.05) is 0 Å². The van der Waals surface area contributed by atoms with Crippen LogP contribution in [-0.2, 0) is 12.4 Å². The smallest absolute Gasteiger partial charge is 0.417 e. The lowest BCUT2D eigenvalue weighted by atomic mass is 10.1. The number of hydrogen-bond acceptors (Lipinski definition) is 2. The highest BCUT2D eigenvalue weighted by Gasteiger charge is 2.35. The maximum absolute atomic E-state index is 13.6. The molecule has 0 atom stereocenters. The summed E-state index contributed by atoms with van der Waals surface area (Å²) < 4.78 is 85.8. The number of amides is 2. The van der Waals surface area contributed by atoms with Gasteiger partial charge in [0.05, 0.1) is 21.2 Å². The van der Waals surface area contributed by atoms with E-state index in [1.165, 1.54) is 31.3 Å². The third kappa shape index (κ3) is 6.29. The molecule has 0 unspecified atom stereocenters. The van der Waals surface area contributed by atoms with Crippen molar-refractivity contribution >= 4 is 52.2 Å². The Morgan fingerprint density at radius 1 is 0.750 bits per heavy atom. The minimum absolute atomic E-state index is 0.0123. The van der Waals surface area contributed by atoms with Crippen LogP contribution in [0, 0.1) is 0 Å². The van der Waals surface area contributed by atoms with Crippen LogP contribution in [0.1, 0.15) is 11.1 Å². The molecule has 3 aromatic carbocycles. The van der Waals surface area contributed by atoms with Crippen LogP contribution in [0.2, 0.25) is 15.1 Å². The Balaban J connectivity index is 1.98. The molecular formula is C23H15Cl3F6N2O2. The fraction of sp³-hybridized carbons (Fsp3) is 0.174. The summed E-state index contributed by atoms with van der Waals surface area (Å²) in [7, 11) is 2.33. The van der Waals surface area contributed by atoms with Gasteiger partial charge in [0.2, 0.25) is 0 Å². The lowest BCUT2D eigenvalue weighted by Crippen LogP contribution is -2.39. The van der Waals surface area contributed by atoms with Crippen molar-refractivity contribution in [1.29, 1.82) is 0 Å². The standard InChI is InChI=1S/C23H15Cl3F6N2O2/c1-33(14-4-5-18(25)17(11-14)23(30,31)32)21(35)34(2)15-7-12(22(27,28)29)8-16(10-15)36-20-6-3-13(24)9-19(20)26/h3-11H,1-2H3. The molecule has 0 spiro atoms. The summed E-state index contributed by atoms with van der Waals surface area (Å²) in [6.07, 6.45) is -9.58. The highest BCUT2D eigenvalue weighted by Crippen LogP contribution is 2.39. The number of ether oxygens (including phenoxy) is 1. The van der Waals surface area contributed by atoms with E-state index in [0.717, 1.165) is 29.0 Å². The van der Waals surface area contributed by atoms with Gasteiger partial charge < -0.3 is 4.74 Å². The molecule has 0 bridgehead atoms. The molecule has 0 heterocycles. The summed E-state index contributed by atoms with van der Waals surface area (Å²) >= 11 is 17.5. The van der Waals surface area contributed by atoms with Gasteiger partial charge in [0.1, 0.15) is 11.5 Å². The average molecular weight is 572 g/mol. The summed E-state index contributed by atoms with van der Waals surface area (Å²) in [5.41, 5.74) is -2.72. The molecule has 0 N–H and O–H groups in total.